The van der Waals surface area contributed by atoms with E-state index in [4.69, 9.17) is 9.84 Å². The van der Waals surface area contributed by atoms with Gasteiger partial charge in [0.15, 0.2) is 23.1 Å². The van der Waals surface area contributed by atoms with Crippen LogP contribution in [-0.4, -0.2) is 58.1 Å². The van der Waals surface area contributed by atoms with Gasteiger partial charge in [0.1, 0.15) is 0 Å². The minimum absolute atomic E-state index is 0.0374. The molecule has 0 saturated carbocycles. The van der Waals surface area contributed by atoms with Gasteiger partial charge in [0, 0.05) is 40.1 Å². The molecule has 1 aliphatic heterocycles. The van der Waals surface area contributed by atoms with Crippen LogP contribution in [0.4, 0.5) is 0 Å². The second kappa shape index (κ2) is 11.3. The SMILES string of the molecule is COc1cc([C@H]2C3=CC[C@@H]4C(=O)N(CCCCCC(=O)O)C(=O)[C@@H]4[C@@H]3CC3=C2C(=O)C=C(C)C3=O)c(Br)c(Br)c1O. The van der Waals surface area contributed by atoms with Gasteiger partial charge in [-0.3, -0.25) is 28.9 Å². The van der Waals surface area contributed by atoms with Gasteiger partial charge in [-0.25, -0.2) is 0 Å². The highest BCUT2D eigenvalue weighted by Crippen LogP contribution is 2.57. The minimum Gasteiger partial charge on any atom is -0.503 e. The van der Waals surface area contributed by atoms with Crippen LogP contribution in [0.25, 0.3) is 0 Å². The zero-order valence-corrected chi connectivity index (χ0v) is 25.7. The van der Waals surface area contributed by atoms with Crippen LogP contribution >= 0.6 is 31.9 Å². The summed E-state index contributed by atoms with van der Waals surface area (Å²) in [4.78, 5) is 66.2. The van der Waals surface area contributed by atoms with Crippen LogP contribution in [0.5, 0.6) is 11.5 Å². The number of carbonyl (C=O) groups is 5. The molecule has 0 bridgehead atoms. The summed E-state index contributed by atoms with van der Waals surface area (Å²) >= 11 is 6.96. The van der Waals surface area contributed by atoms with Gasteiger partial charge in [-0.2, -0.15) is 0 Å². The number of phenolic OH excluding ortho intramolecular Hbond substituents is 1. The van der Waals surface area contributed by atoms with Crippen LogP contribution in [-0.2, 0) is 24.0 Å². The van der Waals surface area contributed by atoms with E-state index in [0.29, 0.717) is 56.9 Å². The number of ether oxygens (including phenoxy) is 1. The Hall–Kier alpha value is -3.05. The summed E-state index contributed by atoms with van der Waals surface area (Å²) in [6.07, 6.45) is 5.37. The summed E-state index contributed by atoms with van der Waals surface area (Å²) in [6.45, 7) is 1.82. The van der Waals surface area contributed by atoms with Crippen molar-refractivity contribution in [1.29, 1.82) is 0 Å². The van der Waals surface area contributed by atoms with Gasteiger partial charge in [-0.1, -0.05) is 18.1 Å². The van der Waals surface area contributed by atoms with Crippen molar-refractivity contribution in [2.75, 3.05) is 13.7 Å². The van der Waals surface area contributed by atoms with E-state index in [1.165, 1.54) is 18.1 Å². The number of hydrogen-bond donors (Lipinski definition) is 2. The number of carbonyl (C=O) groups excluding carboxylic acids is 4. The Morgan fingerprint density at radius 3 is 2.49 bits per heavy atom. The highest BCUT2D eigenvalue weighted by molar-refractivity contribution is 9.13. The Morgan fingerprint density at radius 1 is 1.07 bits per heavy atom. The predicted octanol–water partition coefficient (Wildman–Crippen LogP) is 5.00. The van der Waals surface area contributed by atoms with Crippen LogP contribution in [0.1, 0.15) is 56.9 Å². The van der Waals surface area contributed by atoms with Gasteiger partial charge in [0.2, 0.25) is 11.8 Å². The van der Waals surface area contributed by atoms with E-state index < -0.39 is 29.6 Å². The Kier molecular flexibility index (Phi) is 8.13. The fraction of sp³-hybridized carbons (Fsp3) is 0.433. The van der Waals surface area contributed by atoms with Crippen molar-refractivity contribution in [2.24, 2.45) is 17.8 Å². The molecule has 1 aromatic carbocycles. The average Bonchev–Trinajstić information content (AvgIpc) is 3.18. The Labute approximate surface area is 253 Å². The monoisotopic (exact) mass is 689 g/mol. The molecule has 2 amide bonds. The van der Waals surface area contributed by atoms with Crippen molar-refractivity contribution in [3.8, 4) is 11.5 Å². The second-order valence-corrected chi connectivity index (χ2v) is 12.5. The van der Waals surface area contributed by atoms with Crippen LogP contribution in [0.15, 0.2) is 49.5 Å². The van der Waals surface area contributed by atoms with Crippen molar-refractivity contribution in [3.63, 3.8) is 0 Å². The second-order valence-electron chi connectivity index (χ2n) is 10.9. The number of fused-ring (bicyclic) bond motifs is 3. The largest absolute Gasteiger partial charge is 0.503 e. The highest BCUT2D eigenvalue weighted by atomic mass is 79.9. The van der Waals surface area contributed by atoms with E-state index in [9.17, 15) is 29.1 Å². The zero-order valence-electron chi connectivity index (χ0n) is 22.5. The van der Waals surface area contributed by atoms with Crippen molar-refractivity contribution in [2.45, 2.75) is 51.4 Å². The first-order chi connectivity index (χ1) is 19.5. The first-order valence-corrected chi connectivity index (χ1v) is 15.1. The molecule has 0 spiro atoms. The summed E-state index contributed by atoms with van der Waals surface area (Å²) in [5.41, 5.74) is 2.41. The molecule has 9 nitrogen and oxygen atoms in total. The number of nitrogens with zero attached hydrogens (tertiary/aromatic N) is 1. The topological polar surface area (TPSA) is 138 Å². The minimum atomic E-state index is -0.880. The third-order valence-electron chi connectivity index (χ3n) is 8.63. The van der Waals surface area contributed by atoms with E-state index in [2.05, 4.69) is 31.9 Å². The molecule has 4 atom stereocenters. The average molecular weight is 691 g/mol. The van der Waals surface area contributed by atoms with Crippen LogP contribution in [0, 0.1) is 17.8 Å². The molecule has 11 heteroatoms. The zero-order chi connectivity index (χ0) is 29.7. The van der Waals surface area contributed by atoms with Crippen LogP contribution < -0.4 is 4.74 Å². The van der Waals surface area contributed by atoms with Gasteiger partial charge in [0.25, 0.3) is 0 Å². The summed E-state index contributed by atoms with van der Waals surface area (Å²) in [5, 5.41) is 19.4. The normalized spacial score (nSPS) is 25.5. The molecule has 41 heavy (non-hydrogen) atoms. The number of aliphatic carboxylic acids is 1. The smallest absolute Gasteiger partial charge is 0.303 e. The lowest BCUT2D eigenvalue weighted by molar-refractivity contribution is -0.141. The number of hydrogen-bond acceptors (Lipinski definition) is 7. The van der Waals surface area contributed by atoms with Crippen molar-refractivity contribution >= 4 is 61.2 Å². The summed E-state index contributed by atoms with van der Waals surface area (Å²) in [7, 11) is 1.42. The van der Waals surface area contributed by atoms with Gasteiger partial charge >= 0.3 is 5.97 Å². The van der Waals surface area contributed by atoms with Crippen molar-refractivity contribution < 1.29 is 38.9 Å². The molecule has 1 saturated heterocycles. The molecule has 4 aliphatic rings. The lowest BCUT2D eigenvalue weighted by atomic mass is 9.59. The third kappa shape index (κ3) is 4.90. The summed E-state index contributed by atoms with van der Waals surface area (Å²) in [5.74, 6) is -4.30. The van der Waals surface area contributed by atoms with E-state index in [-0.39, 0.29) is 54.3 Å². The molecule has 0 radical (unpaired) electrons. The number of phenols is 1. The van der Waals surface area contributed by atoms with E-state index in [1.54, 1.807) is 13.0 Å². The summed E-state index contributed by atoms with van der Waals surface area (Å²) in [6, 6.07) is 1.63. The molecule has 2 N–H and O–H groups in total. The maximum Gasteiger partial charge on any atom is 0.303 e. The molecule has 1 fully saturated rings. The number of halogens is 2. The third-order valence-corrected chi connectivity index (χ3v) is 10.8. The predicted molar refractivity (Wildman–Crippen MR) is 154 cm³/mol. The van der Waals surface area contributed by atoms with E-state index in [0.717, 1.165) is 5.57 Å². The number of benzene rings is 1. The fourth-order valence-corrected chi connectivity index (χ4v) is 7.68. The number of rotatable bonds is 8. The van der Waals surface area contributed by atoms with E-state index in [1.807, 2.05) is 6.08 Å². The highest BCUT2D eigenvalue weighted by Gasteiger charge is 2.56. The van der Waals surface area contributed by atoms with Gasteiger partial charge in [-0.15, -0.1) is 0 Å². The molecule has 0 unspecified atom stereocenters. The van der Waals surface area contributed by atoms with Crippen LogP contribution in [0.3, 0.4) is 0 Å². The molecule has 3 aliphatic carbocycles. The number of ketones is 2. The standard InChI is InChI=1S/C30H29Br2NO8/c1-13-10-19(34)24-18(27(13)37)11-16-14(22(24)17-12-20(41-2)28(38)26(32)25(17)31)7-8-15-23(16)30(40)33(29(15)39)9-5-3-4-6-21(35)36/h7,10,12,15-16,22-23,38H,3-6,8-9,11H2,1-2H3,(H,35,36)/t15-,16+,22+,23-/m0/s1. The quantitative estimate of drug-likeness (QED) is 0.168. The molecular weight excluding hydrogens is 662 g/mol. The number of aromatic hydroxyl groups is 1. The number of methoxy groups -OCH3 is 1. The Bertz CT molecular complexity index is 1490. The Morgan fingerprint density at radius 2 is 1.80 bits per heavy atom. The van der Waals surface area contributed by atoms with Crippen molar-refractivity contribution in [3.05, 3.63) is 55.0 Å². The molecule has 5 rings (SSSR count). The number of Topliss-reactive ketones (excluding diaryl/α,β-unsaturated/α-hetero) is 1. The first kappa shape index (κ1) is 29.4. The van der Waals surface area contributed by atoms with Gasteiger partial charge in [-0.05, 0) is 88.1 Å². The number of amides is 2. The number of carboxylic acid groups (broad SMARTS) is 1. The Balaban J connectivity index is 1.56. The molecule has 1 heterocycles. The lowest BCUT2D eigenvalue weighted by Gasteiger charge is -2.42. The van der Waals surface area contributed by atoms with Gasteiger partial charge < -0.3 is 14.9 Å². The summed E-state index contributed by atoms with van der Waals surface area (Å²) < 4.78 is 6.21. The molecular formula is C30H29Br2NO8. The fourth-order valence-electron chi connectivity index (χ4n) is 6.72. The lowest BCUT2D eigenvalue weighted by Crippen LogP contribution is -2.40. The molecule has 216 valence electrons. The number of carboxylic acids is 1. The molecule has 1 aromatic rings. The van der Waals surface area contributed by atoms with Crippen molar-refractivity contribution in [1.82, 2.24) is 4.90 Å². The van der Waals surface area contributed by atoms with Crippen LogP contribution in [0.2, 0.25) is 0 Å². The number of imide groups is 1. The number of allylic oxidation sites excluding steroid dienone is 6. The first-order valence-electron chi connectivity index (χ1n) is 13.5. The maximum atomic E-state index is 13.8. The van der Waals surface area contributed by atoms with Gasteiger partial charge in [0.05, 0.1) is 23.4 Å². The molecule has 0 aromatic heterocycles. The number of unbranched alkanes of at least 4 members (excludes halogenated alkanes) is 2. The number of likely N-dealkylation sites (tertiary alicyclic amines) is 1. The van der Waals surface area contributed by atoms with E-state index >= 15 is 0 Å². The maximum absolute atomic E-state index is 13.8.